The number of pyridine rings is 1. The minimum atomic E-state index is -1.01. The summed E-state index contributed by atoms with van der Waals surface area (Å²) in [7, 11) is 0. The lowest BCUT2D eigenvalue weighted by molar-refractivity contribution is 0.0683. The standard InChI is InChI=1S/C22H20BrClN6O2/c1-11-9-15(10-29-12(2)27-28-20(11)29)25-17(13-3-5-14(24)6-4-13)18-19(21(31)32)30(16-7-8-16)22(23)26-18/h3-6,9-10,16-17,25H,7-8H2,1-2H3,(H,31,32). The van der Waals surface area contributed by atoms with Gasteiger partial charge in [-0.25, -0.2) is 9.78 Å². The van der Waals surface area contributed by atoms with E-state index in [1.807, 2.05) is 42.6 Å². The summed E-state index contributed by atoms with van der Waals surface area (Å²) in [6.07, 6.45) is 3.79. The number of rotatable bonds is 6. The van der Waals surface area contributed by atoms with Crippen LogP contribution >= 0.6 is 27.5 Å². The van der Waals surface area contributed by atoms with Crippen LogP contribution in [0, 0.1) is 13.8 Å². The number of carboxylic acid groups (broad SMARTS) is 1. The molecule has 0 spiro atoms. The van der Waals surface area contributed by atoms with Crippen molar-refractivity contribution in [3.8, 4) is 0 Å². The lowest BCUT2D eigenvalue weighted by Crippen LogP contribution is -2.18. The smallest absolute Gasteiger partial charge is 0.354 e. The zero-order valence-corrected chi connectivity index (χ0v) is 19.7. The summed E-state index contributed by atoms with van der Waals surface area (Å²) in [6.45, 7) is 3.85. The minimum absolute atomic E-state index is 0.154. The van der Waals surface area contributed by atoms with E-state index in [1.165, 1.54) is 0 Å². The monoisotopic (exact) mass is 514 g/mol. The molecule has 1 saturated carbocycles. The fourth-order valence-corrected chi connectivity index (χ4v) is 4.76. The van der Waals surface area contributed by atoms with Gasteiger partial charge in [-0.15, -0.1) is 10.2 Å². The molecule has 3 heterocycles. The van der Waals surface area contributed by atoms with Crippen LogP contribution in [0.15, 0.2) is 41.3 Å². The third-order valence-corrected chi connectivity index (χ3v) is 6.47. The molecule has 0 saturated heterocycles. The first-order valence-corrected chi connectivity index (χ1v) is 11.4. The number of anilines is 1. The SMILES string of the molecule is Cc1cc(NC(c2ccc(Cl)cc2)c2nc(Br)n(C3CC3)c2C(=O)O)cn2c(C)nnc12. The number of nitrogens with zero attached hydrogens (tertiary/aromatic N) is 5. The van der Waals surface area contributed by atoms with Gasteiger partial charge in [0.15, 0.2) is 16.1 Å². The highest BCUT2D eigenvalue weighted by atomic mass is 79.9. The molecular formula is C22H20BrClN6O2. The van der Waals surface area contributed by atoms with E-state index in [9.17, 15) is 9.90 Å². The molecular weight excluding hydrogens is 496 g/mol. The molecule has 1 aliphatic rings. The van der Waals surface area contributed by atoms with Crippen molar-refractivity contribution in [1.29, 1.82) is 0 Å². The largest absolute Gasteiger partial charge is 0.477 e. The molecule has 5 rings (SSSR count). The average molecular weight is 516 g/mol. The Morgan fingerprint density at radius 2 is 1.97 bits per heavy atom. The molecule has 164 valence electrons. The van der Waals surface area contributed by atoms with Crippen LogP contribution in [-0.2, 0) is 0 Å². The van der Waals surface area contributed by atoms with E-state index in [2.05, 4.69) is 36.4 Å². The fraction of sp³-hybridized carbons (Fsp3) is 0.273. The average Bonchev–Trinajstić information content (AvgIpc) is 3.43. The molecule has 1 aliphatic carbocycles. The van der Waals surface area contributed by atoms with Crippen molar-refractivity contribution in [2.75, 3.05) is 5.32 Å². The molecule has 8 nitrogen and oxygen atoms in total. The van der Waals surface area contributed by atoms with Crippen LogP contribution in [0.25, 0.3) is 5.65 Å². The van der Waals surface area contributed by atoms with E-state index in [0.717, 1.165) is 41.1 Å². The van der Waals surface area contributed by atoms with Crippen molar-refractivity contribution < 1.29 is 9.90 Å². The predicted molar refractivity (Wildman–Crippen MR) is 125 cm³/mol. The van der Waals surface area contributed by atoms with Gasteiger partial charge in [0.05, 0.1) is 11.7 Å². The number of halogens is 2. The summed E-state index contributed by atoms with van der Waals surface area (Å²) in [6, 6.07) is 8.95. The number of nitrogens with one attached hydrogen (secondary N) is 1. The van der Waals surface area contributed by atoms with Crippen molar-refractivity contribution in [1.82, 2.24) is 24.1 Å². The topological polar surface area (TPSA) is 97.3 Å². The van der Waals surface area contributed by atoms with Gasteiger partial charge in [-0.3, -0.25) is 4.40 Å². The van der Waals surface area contributed by atoms with Crippen molar-refractivity contribution in [2.24, 2.45) is 0 Å². The van der Waals surface area contributed by atoms with Gasteiger partial charge < -0.3 is 15.0 Å². The molecule has 1 aromatic carbocycles. The Bertz CT molecular complexity index is 1340. The first kappa shape index (κ1) is 21.0. The van der Waals surface area contributed by atoms with Gasteiger partial charge >= 0.3 is 5.97 Å². The number of benzene rings is 1. The lowest BCUT2D eigenvalue weighted by Gasteiger charge is -2.21. The van der Waals surface area contributed by atoms with E-state index in [4.69, 9.17) is 11.6 Å². The van der Waals surface area contributed by atoms with Gasteiger partial charge in [-0.05, 0) is 71.9 Å². The number of aromatic nitrogens is 5. The molecule has 1 atom stereocenters. The fourth-order valence-electron chi connectivity index (χ4n) is 3.98. The van der Waals surface area contributed by atoms with Crippen LogP contribution in [0.5, 0.6) is 0 Å². The van der Waals surface area contributed by atoms with Crippen LogP contribution in [-0.4, -0.2) is 35.2 Å². The van der Waals surface area contributed by atoms with Crippen molar-refractivity contribution in [2.45, 2.75) is 38.8 Å². The number of imidazole rings is 1. The molecule has 0 radical (unpaired) electrons. The zero-order valence-electron chi connectivity index (χ0n) is 17.4. The number of carboxylic acids is 1. The minimum Gasteiger partial charge on any atom is -0.477 e. The van der Waals surface area contributed by atoms with Gasteiger partial charge in [-0.1, -0.05) is 23.7 Å². The summed E-state index contributed by atoms with van der Waals surface area (Å²) < 4.78 is 4.21. The van der Waals surface area contributed by atoms with Crippen molar-refractivity contribution in [3.05, 3.63) is 74.6 Å². The van der Waals surface area contributed by atoms with E-state index in [-0.39, 0.29) is 11.7 Å². The second-order valence-corrected chi connectivity index (χ2v) is 9.15. The number of aryl methyl sites for hydroxylation is 2. The molecule has 1 unspecified atom stereocenters. The summed E-state index contributed by atoms with van der Waals surface area (Å²) in [4.78, 5) is 17.0. The highest BCUT2D eigenvalue weighted by Gasteiger charge is 2.35. The van der Waals surface area contributed by atoms with E-state index < -0.39 is 12.0 Å². The van der Waals surface area contributed by atoms with Crippen molar-refractivity contribution >= 4 is 44.8 Å². The molecule has 0 bridgehead atoms. The summed E-state index contributed by atoms with van der Waals surface area (Å²) >= 11 is 9.60. The number of hydrogen-bond acceptors (Lipinski definition) is 5. The Morgan fingerprint density at radius 3 is 2.62 bits per heavy atom. The molecule has 10 heteroatoms. The van der Waals surface area contributed by atoms with Gasteiger partial charge in [-0.2, -0.15) is 0 Å². The van der Waals surface area contributed by atoms with Crippen LogP contribution in [0.2, 0.25) is 5.02 Å². The highest BCUT2D eigenvalue weighted by molar-refractivity contribution is 9.10. The maximum Gasteiger partial charge on any atom is 0.354 e. The first-order valence-electron chi connectivity index (χ1n) is 10.2. The first-order chi connectivity index (χ1) is 15.3. The van der Waals surface area contributed by atoms with Crippen LogP contribution in [0.4, 0.5) is 5.69 Å². The van der Waals surface area contributed by atoms with E-state index >= 15 is 0 Å². The molecule has 3 aromatic heterocycles. The molecule has 4 aromatic rings. The van der Waals surface area contributed by atoms with Gasteiger partial charge in [0.25, 0.3) is 0 Å². The predicted octanol–water partition coefficient (Wildman–Crippen LogP) is 5.19. The Hall–Kier alpha value is -2.91. The van der Waals surface area contributed by atoms with Crippen LogP contribution in [0.3, 0.4) is 0 Å². The Labute approximate surface area is 197 Å². The number of hydrogen-bond donors (Lipinski definition) is 2. The maximum absolute atomic E-state index is 12.3. The van der Waals surface area contributed by atoms with Gasteiger partial charge in [0.2, 0.25) is 0 Å². The number of aromatic carboxylic acids is 1. The zero-order chi connectivity index (χ0) is 22.6. The van der Waals surface area contributed by atoms with E-state index in [1.54, 1.807) is 16.7 Å². The van der Waals surface area contributed by atoms with E-state index in [0.29, 0.717) is 15.5 Å². The Kier molecular flexibility index (Phi) is 5.17. The quantitative estimate of drug-likeness (QED) is 0.367. The summed E-state index contributed by atoms with van der Waals surface area (Å²) in [5.74, 6) is -0.242. The highest BCUT2D eigenvalue weighted by Crippen LogP contribution is 2.41. The van der Waals surface area contributed by atoms with Crippen LogP contribution < -0.4 is 5.32 Å². The third kappa shape index (κ3) is 3.65. The van der Waals surface area contributed by atoms with Crippen LogP contribution in [0.1, 0.15) is 58.1 Å². The Morgan fingerprint density at radius 1 is 1.25 bits per heavy atom. The molecule has 32 heavy (non-hydrogen) atoms. The summed E-state index contributed by atoms with van der Waals surface area (Å²) in [5, 5.41) is 22.6. The molecule has 0 aliphatic heterocycles. The lowest BCUT2D eigenvalue weighted by atomic mass is 10.0. The Balaban J connectivity index is 1.66. The maximum atomic E-state index is 12.3. The second kappa shape index (κ2) is 7.90. The normalized spacial score (nSPS) is 14.6. The van der Waals surface area contributed by atoms with Gasteiger partial charge in [0, 0.05) is 17.3 Å². The number of carbonyl (C=O) groups is 1. The second-order valence-electron chi connectivity index (χ2n) is 8.00. The summed E-state index contributed by atoms with van der Waals surface area (Å²) in [5.41, 5.74) is 4.01. The molecule has 0 amide bonds. The molecule has 2 N–H and O–H groups in total. The number of fused-ring (bicyclic) bond motifs is 1. The third-order valence-electron chi connectivity index (χ3n) is 5.66. The molecule has 1 fully saturated rings. The van der Waals surface area contributed by atoms with Crippen molar-refractivity contribution in [3.63, 3.8) is 0 Å². The van der Waals surface area contributed by atoms with Gasteiger partial charge in [0.1, 0.15) is 11.5 Å².